The largest absolute Gasteiger partial charge is 0.376 e. The molecule has 0 spiro atoms. The number of ether oxygens (including phenoxy) is 3. The van der Waals surface area contributed by atoms with Gasteiger partial charge in [0.05, 0.1) is 19.8 Å². The molecule has 2 atom stereocenters. The summed E-state index contributed by atoms with van der Waals surface area (Å²) in [5.74, 6) is 2.15. The third-order valence-electron chi connectivity index (χ3n) is 11.7. The van der Waals surface area contributed by atoms with Crippen LogP contribution in [-0.2, 0) is 14.2 Å². The van der Waals surface area contributed by atoms with E-state index in [9.17, 15) is 0 Å². The molecule has 3 aliphatic carbocycles. The molecule has 2 saturated heterocycles. The van der Waals surface area contributed by atoms with Gasteiger partial charge in [0.2, 0.25) is 0 Å². The number of hydrogen-bond acceptors (Lipinski definition) is 3. The summed E-state index contributed by atoms with van der Waals surface area (Å²) in [6.07, 6.45) is 38.7. The maximum Gasteiger partial charge on any atom is 0.124 e. The predicted octanol–water partition coefficient (Wildman–Crippen LogP) is 10.3. The van der Waals surface area contributed by atoms with Crippen LogP contribution in [0.2, 0.25) is 0 Å². The standard InChI is InChI=1S/C36H64O3/c1-4-10-16-22-31(23-17-11-5-1)35(30-37-28-34-29-38-34)36(39-35,32-24-18-12-6-2-7-13-19-25-32)33-26-20-14-8-3-9-15-21-27-33/h31-34H,1-30H2. The summed E-state index contributed by atoms with van der Waals surface area (Å²) in [7, 11) is 0. The highest BCUT2D eigenvalue weighted by atomic mass is 16.7. The van der Waals surface area contributed by atoms with Crippen LogP contribution >= 0.6 is 0 Å². The number of rotatable bonds is 7. The summed E-state index contributed by atoms with van der Waals surface area (Å²) in [6, 6.07) is 0. The average molecular weight is 545 g/mol. The molecular formula is C36H64O3. The highest BCUT2D eigenvalue weighted by Gasteiger charge is 2.77. The molecule has 2 aliphatic heterocycles. The second kappa shape index (κ2) is 15.9. The molecule has 39 heavy (non-hydrogen) atoms. The van der Waals surface area contributed by atoms with Gasteiger partial charge >= 0.3 is 0 Å². The summed E-state index contributed by atoms with van der Waals surface area (Å²) in [5.41, 5.74) is 0.0369. The molecule has 2 heterocycles. The maximum atomic E-state index is 7.65. The SMILES string of the molecule is C1CCCCC(C2(COCC3CO3)OC2(C2CCCCCCCCC2)C2CCCCCCCCC2)CCCC1. The molecule has 0 aromatic heterocycles. The molecular weight excluding hydrogens is 480 g/mol. The first kappa shape index (κ1) is 30.3. The Labute approximate surface area is 242 Å². The third-order valence-corrected chi connectivity index (χ3v) is 11.7. The Balaban J connectivity index is 1.44. The van der Waals surface area contributed by atoms with Crippen molar-refractivity contribution in [1.29, 1.82) is 0 Å². The van der Waals surface area contributed by atoms with E-state index < -0.39 is 0 Å². The minimum Gasteiger partial charge on any atom is -0.376 e. The maximum absolute atomic E-state index is 7.65. The van der Waals surface area contributed by atoms with Gasteiger partial charge in [-0.2, -0.15) is 0 Å². The van der Waals surface area contributed by atoms with Gasteiger partial charge in [-0.1, -0.05) is 135 Å². The number of epoxide rings is 2. The molecule has 0 amide bonds. The summed E-state index contributed by atoms with van der Waals surface area (Å²) >= 11 is 0. The van der Waals surface area contributed by atoms with Crippen molar-refractivity contribution in [3.63, 3.8) is 0 Å². The molecule has 3 nitrogen and oxygen atoms in total. The van der Waals surface area contributed by atoms with Crippen LogP contribution in [0, 0.1) is 17.8 Å². The molecule has 0 bridgehead atoms. The first-order valence-corrected chi connectivity index (χ1v) is 18.2. The van der Waals surface area contributed by atoms with Gasteiger partial charge in [-0.05, 0) is 56.3 Å². The van der Waals surface area contributed by atoms with Crippen LogP contribution in [0.15, 0.2) is 0 Å². The fourth-order valence-electron chi connectivity index (χ4n) is 9.39. The Bertz CT molecular complexity index is 618. The number of hydrogen-bond donors (Lipinski definition) is 0. The van der Waals surface area contributed by atoms with Crippen molar-refractivity contribution in [2.24, 2.45) is 17.8 Å². The Morgan fingerprint density at radius 3 is 1.15 bits per heavy atom. The molecule has 0 aromatic rings. The fraction of sp³-hybridized carbons (Fsp3) is 1.00. The van der Waals surface area contributed by atoms with Crippen LogP contribution in [0.4, 0.5) is 0 Å². The van der Waals surface area contributed by atoms with Gasteiger partial charge in [0.25, 0.3) is 0 Å². The van der Waals surface area contributed by atoms with E-state index in [2.05, 4.69) is 0 Å². The Morgan fingerprint density at radius 1 is 0.462 bits per heavy atom. The van der Waals surface area contributed by atoms with E-state index >= 15 is 0 Å². The van der Waals surface area contributed by atoms with E-state index in [1.165, 1.54) is 173 Å². The summed E-state index contributed by atoms with van der Waals surface area (Å²) in [5, 5.41) is 0. The Kier molecular flexibility index (Phi) is 12.4. The van der Waals surface area contributed by atoms with Crippen LogP contribution in [0.3, 0.4) is 0 Å². The topological polar surface area (TPSA) is 34.3 Å². The first-order chi connectivity index (χ1) is 19.4. The normalized spacial score (nSPS) is 33.7. The lowest BCUT2D eigenvalue weighted by Crippen LogP contribution is -2.47. The van der Waals surface area contributed by atoms with Gasteiger partial charge in [-0.25, -0.2) is 0 Å². The summed E-state index contributed by atoms with van der Waals surface area (Å²) < 4.78 is 19.9. The van der Waals surface area contributed by atoms with E-state index in [-0.39, 0.29) is 11.2 Å². The average Bonchev–Trinajstić information content (AvgIpc) is 3.90. The summed E-state index contributed by atoms with van der Waals surface area (Å²) in [6.45, 7) is 2.52. The van der Waals surface area contributed by atoms with E-state index in [0.717, 1.165) is 31.7 Å². The van der Waals surface area contributed by atoms with E-state index in [4.69, 9.17) is 14.2 Å². The lowest BCUT2D eigenvalue weighted by atomic mass is 9.62. The van der Waals surface area contributed by atoms with Crippen molar-refractivity contribution in [2.75, 3.05) is 19.8 Å². The molecule has 3 saturated carbocycles. The zero-order chi connectivity index (χ0) is 26.6. The highest BCUT2D eigenvalue weighted by Crippen LogP contribution is 2.66. The van der Waals surface area contributed by atoms with Crippen molar-refractivity contribution in [2.45, 2.75) is 191 Å². The van der Waals surface area contributed by atoms with Crippen molar-refractivity contribution in [1.82, 2.24) is 0 Å². The van der Waals surface area contributed by atoms with E-state index in [1.807, 2.05) is 0 Å². The predicted molar refractivity (Wildman–Crippen MR) is 162 cm³/mol. The fourth-order valence-corrected chi connectivity index (χ4v) is 9.39. The zero-order valence-corrected chi connectivity index (χ0v) is 25.7. The van der Waals surface area contributed by atoms with Gasteiger partial charge in [0, 0.05) is 0 Å². The molecule has 5 fully saturated rings. The van der Waals surface area contributed by atoms with Crippen LogP contribution in [0.5, 0.6) is 0 Å². The van der Waals surface area contributed by atoms with E-state index in [0.29, 0.717) is 12.0 Å². The second-order valence-electron chi connectivity index (χ2n) is 14.5. The van der Waals surface area contributed by atoms with Crippen LogP contribution in [0.1, 0.15) is 173 Å². The van der Waals surface area contributed by atoms with E-state index in [1.54, 1.807) is 0 Å². The van der Waals surface area contributed by atoms with Gasteiger partial charge in [-0.3, -0.25) is 0 Å². The van der Waals surface area contributed by atoms with Crippen LogP contribution in [0.25, 0.3) is 0 Å². The van der Waals surface area contributed by atoms with Crippen LogP contribution in [-0.4, -0.2) is 37.1 Å². The molecule has 0 aromatic carbocycles. The molecule has 2 unspecified atom stereocenters. The molecule has 3 heteroatoms. The zero-order valence-electron chi connectivity index (χ0n) is 25.7. The van der Waals surface area contributed by atoms with Crippen LogP contribution < -0.4 is 0 Å². The monoisotopic (exact) mass is 544 g/mol. The lowest BCUT2D eigenvalue weighted by Gasteiger charge is -2.39. The Hall–Kier alpha value is -0.120. The first-order valence-electron chi connectivity index (χ1n) is 18.2. The second-order valence-corrected chi connectivity index (χ2v) is 14.5. The highest BCUT2D eigenvalue weighted by molar-refractivity contribution is 5.24. The van der Waals surface area contributed by atoms with Crippen molar-refractivity contribution in [3.8, 4) is 0 Å². The van der Waals surface area contributed by atoms with Gasteiger partial charge in [0.1, 0.15) is 17.3 Å². The molecule has 0 N–H and O–H groups in total. The van der Waals surface area contributed by atoms with Crippen molar-refractivity contribution < 1.29 is 14.2 Å². The van der Waals surface area contributed by atoms with Crippen molar-refractivity contribution >= 4 is 0 Å². The van der Waals surface area contributed by atoms with Gasteiger partial charge < -0.3 is 14.2 Å². The minimum atomic E-state index is -0.0370. The van der Waals surface area contributed by atoms with Crippen molar-refractivity contribution in [3.05, 3.63) is 0 Å². The molecule has 5 aliphatic rings. The van der Waals surface area contributed by atoms with Gasteiger partial charge in [0.15, 0.2) is 0 Å². The smallest absolute Gasteiger partial charge is 0.124 e. The quantitative estimate of drug-likeness (QED) is 0.299. The molecule has 5 rings (SSSR count). The Morgan fingerprint density at radius 2 is 0.795 bits per heavy atom. The lowest BCUT2D eigenvalue weighted by molar-refractivity contribution is 0.0374. The van der Waals surface area contributed by atoms with Gasteiger partial charge in [-0.15, -0.1) is 0 Å². The molecule has 226 valence electrons. The molecule has 0 radical (unpaired) electrons. The third kappa shape index (κ3) is 8.25. The minimum absolute atomic E-state index is 0.0370. The summed E-state index contributed by atoms with van der Waals surface area (Å²) in [4.78, 5) is 0.